The van der Waals surface area contributed by atoms with Gasteiger partial charge in [0.1, 0.15) is 6.04 Å². The first-order chi connectivity index (χ1) is 6.81. The predicted molar refractivity (Wildman–Crippen MR) is 54.3 cm³/mol. The van der Waals surface area contributed by atoms with Crippen molar-refractivity contribution in [1.82, 2.24) is 4.90 Å². The summed E-state index contributed by atoms with van der Waals surface area (Å²) in [5.74, 6) is 0. The lowest BCUT2D eigenvalue weighted by atomic mass is 10.0. The van der Waals surface area contributed by atoms with Crippen LogP contribution in [-0.2, 0) is 0 Å². The van der Waals surface area contributed by atoms with Crippen LogP contribution in [0.15, 0.2) is 30.3 Å². The molecular formula is C11H13N3. The van der Waals surface area contributed by atoms with Crippen LogP contribution in [-0.4, -0.2) is 24.0 Å². The Hall–Kier alpha value is -1.37. The van der Waals surface area contributed by atoms with Crippen LogP contribution in [0.4, 0.5) is 0 Å². The van der Waals surface area contributed by atoms with Crippen molar-refractivity contribution >= 4 is 0 Å². The fraction of sp³-hybridized carbons (Fsp3) is 0.364. The number of hydrogen-bond donors (Lipinski definition) is 1. The summed E-state index contributed by atoms with van der Waals surface area (Å²) in [4.78, 5) is 2.10. The minimum atomic E-state index is -0.129. The van der Waals surface area contributed by atoms with Crippen LogP contribution in [0.1, 0.15) is 11.6 Å². The molecule has 2 N–H and O–H groups in total. The summed E-state index contributed by atoms with van der Waals surface area (Å²) in [5.41, 5.74) is 6.75. The van der Waals surface area contributed by atoms with Gasteiger partial charge >= 0.3 is 0 Å². The molecule has 72 valence electrons. The summed E-state index contributed by atoms with van der Waals surface area (Å²) >= 11 is 0. The third-order valence-electron chi connectivity index (χ3n) is 2.54. The van der Waals surface area contributed by atoms with Crippen molar-refractivity contribution in [1.29, 1.82) is 5.26 Å². The molecule has 0 aliphatic carbocycles. The summed E-state index contributed by atoms with van der Waals surface area (Å²) in [7, 11) is 0. The molecule has 1 aromatic carbocycles. The van der Waals surface area contributed by atoms with Crippen LogP contribution >= 0.6 is 0 Å². The molecule has 0 saturated carbocycles. The molecule has 0 spiro atoms. The quantitative estimate of drug-likeness (QED) is 0.748. The molecule has 0 radical (unpaired) electrons. The van der Waals surface area contributed by atoms with E-state index in [2.05, 4.69) is 11.0 Å². The molecule has 0 amide bonds. The van der Waals surface area contributed by atoms with Crippen molar-refractivity contribution in [3.8, 4) is 6.07 Å². The van der Waals surface area contributed by atoms with Crippen LogP contribution < -0.4 is 5.73 Å². The fourth-order valence-corrected chi connectivity index (χ4v) is 1.76. The van der Waals surface area contributed by atoms with E-state index in [9.17, 15) is 0 Å². The van der Waals surface area contributed by atoms with Crippen molar-refractivity contribution in [2.45, 2.75) is 12.1 Å². The highest BCUT2D eigenvalue weighted by atomic mass is 15.2. The zero-order valence-electron chi connectivity index (χ0n) is 7.93. The maximum atomic E-state index is 9.07. The standard InChI is InChI=1S/C11H13N3/c12-6-11(14-7-10(13)8-14)9-4-2-1-3-5-9/h1-5,10-11H,7-8,13H2/t11-/m1/s1. The molecule has 1 aliphatic heterocycles. The Morgan fingerprint density at radius 3 is 2.50 bits per heavy atom. The molecule has 1 saturated heterocycles. The second-order valence-corrected chi connectivity index (χ2v) is 3.66. The van der Waals surface area contributed by atoms with E-state index in [0.29, 0.717) is 0 Å². The van der Waals surface area contributed by atoms with E-state index in [1.165, 1.54) is 0 Å². The summed E-state index contributed by atoms with van der Waals surface area (Å²) in [6, 6.07) is 12.3. The Morgan fingerprint density at radius 1 is 1.36 bits per heavy atom. The molecule has 1 atom stereocenters. The third-order valence-corrected chi connectivity index (χ3v) is 2.54. The van der Waals surface area contributed by atoms with Crippen molar-refractivity contribution < 1.29 is 0 Å². The monoisotopic (exact) mass is 187 g/mol. The molecule has 1 aliphatic rings. The molecule has 1 fully saturated rings. The number of nitrogens with zero attached hydrogens (tertiary/aromatic N) is 2. The Labute approximate surface area is 83.7 Å². The largest absolute Gasteiger partial charge is 0.325 e. The minimum Gasteiger partial charge on any atom is -0.325 e. The molecular weight excluding hydrogens is 174 g/mol. The maximum Gasteiger partial charge on any atom is 0.123 e. The van der Waals surface area contributed by atoms with Gasteiger partial charge in [0.25, 0.3) is 0 Å². The highest BCUT2D eigenvalue weighted by Gasteiger charge is 2.30. The zero-order valence-corrected chi connectivity index (χ0v) is 7.93. The van der Waals surface area contributed by atoms with Gasteiger partial charge in [0.15, 0.2) is 0 Å². The van der Waals surface area contributed by atoms with Crippen molar-refractivity contribution in [3.05, 3.63) is 35.9 Å². The zero-order chi connectivity index (χ0) is 9.97. The Bertz CT molecular complexity index is 335. The summed E-state index contributed by atoms with van der Waals surface area (Å²) in [6.45, 7) is 1.65. The SMILES string of the molecule is N#C[C@H](c1ccccc1)N1CC(N)C1. The Kier molecular flexibility index (Phi) is 2.49. The van der Waals surface area contributed by atoms with Crippen LogP contribution in [0.25, 0.3) is 0 Å². The predicted octanol–water partition coefficient (Wildman–Crippen LogP) is 0.894. The molecule has 0 unspecified atom stereocenters. The van der Waals surface area contributed by atoms with Crippen molar-refractivity contribution in [2.24, 2.45) is 5.73 Å². The summed E-state index contributed by atoms with van der Waals surface area (Å²) in [5, 5.41) is 9.07. The first-order valence-electron chi connectivity index (χ1n) is 4.75. The number of rotatable bonds is 2. The van der Waals surface area contributed by atoms with Crippen LogP contribution in [0.2, 0.25) is 0 Å². The molecule has 1 heterocycles. The number of nitrogens with two attached hydrogens (primary N) is 1. The van der Waals surface area contributed by atoms with Gasteiger partial charge in [0.2, 0.25) is 0 Å². The van der Waals surface area contributed by atoms with Crippen molar-refractivity contribution in [2.75, 3.05) is 13.1 Å². The van der Waals surface area contributed by atoms with Gasteiger partial charge in [-0.3, -0.25) is 4.90 Å². The topological polar surface area (TPSA) is 53.0 Å². The number of nitriles is 1. The molecule has 3 nitrogen and oxygen atoms in total. The van der Waals surface area contributed by atoms with E-state index in [4.69, 9.17) is 11.0 Å². The highest BCUT2D eigenvalue weighted by Crippen LogP contribution is 2.23. The molecule has 0 bridgehead atoms. The molecule has 0 aromatic heterocycles. The van der Waals surface area contributed by atoms with Gasteiger partial charge in [0, 0.05) is 19.1 Å². The Balaban J connectivity index is 2.12. The number of hydrogen-bond acceptors (Lipinski definition) is 3. The number of likely N-dealkylation sites (tertiary alicyclic amines) is 1. The van der Waals surface area contributed by atoms with E-state index in [1.807, 2.05) is 30.3 Å². The molecule has 1 aromatic rings. The summed E-state index contributed by atoms with van der Waals surface area (Å²) in [6.07, 6.45) is 0. The van der Waals surface area contributed by atoms with Gasteiger partial charge in [0.05, 0.1) is 6.07 Å². The van der Waals surface area contributed by atoms with E-state index < -0.39 is 0 Å². The van der Waals surface area contributed by atoms with Crippen LogP contribution in [0.3, 0.4) is 0 Å². The highest BCUT2D eigenvalue weighted by molar-refractivity contribution is 5.24. The van der Waals surface area contributed by atoms with Crippen LogP contribution in [0, 0.1) is 11.3 Å². The fourth-order valence-electron chi connectivity index (χ4n) is 1.76. The van der Waals surface area contributed by atoms with Gasteiger partial charge in [-0.2, -0.15) is 5.26 Å². The van der Waals surface area contributed by atoms with E-state index >= 15 is 0 Å². The van der Waals surface area contributed by atoms with Crippen molar-refractivity contribution in [3.63, 3.8) is 0 Å². The normalized spacial score (nSPS) is 19.7. The van der Waals surface area contributed by atoms with Gasteiger partial charge in [-0.05, 0) is 5.56 Å². The average molecular weight is 187 g/mol. The molecule has 3 heteroatoms. The lowest BCUT2D eigenvalue weighted by molar-refractivity contribution is 0.121. The van der Waals surface area contributed by atoms with E-state index in [1.54, 1.807) is 0 Å². The first kappa shape index (κ1) is 9.20. The smallest absolute Gasteiger partial charge is 0.123 e. The lowest BCUT2D eigenvalue weighted by Crippen LogP contribution is -2.56. The summed E-state index contributed by atoms with van der Waals surface area (Å²) < 4.78 is 0. The van der Waals surface area contributed by atoms with Gasteiger partial charge in [-0.15, -0.1) is 0 Å². The van der Waals surface area contributed by atoms with Gasteiger partial charge in [-0.25, -0.2) is 0 Å². The molecule has 2 rings (SSSR count). The maximum absolute atomic E-state index is 9.07. The lowest BCUT2D eigenvalue weighted by Gasteiger charge is -2.39. The average Bonchev–Trinajstić information content (AvgIpc) is 2.18. The molecule has 14 heavy (non-hydrogen) atoms. The Morgan fingerprint density at radius 2 is 2.00 bits per heavy atom. The second kappa shape index (κ2) is 3.79. The first-order valence-corrected chi connectivity index (χ1v) is 4.75. The van der Waals surface area contributed by atoms with E-state index in [-0.39, 0.29) is 12.1 Å². The van der Waals surface area contributed by atoms with Gasteiger partial charge in [-0.1, -0.05) is 30.3 Å². The van der Waals surface area contributed by atoms with E-state index in [0.717, 1.165) is 18.7 Å². The minimum absolute atomic E-state index is 0.129. The second-order valence-electron chi connectivity index (χ2n) is 3.66. The van der Waals surface area contributed by atoms with Gasteiger partial charge < -0.3 is 5.73 Å². The third kappa shape index (κ3) is 1.63. The number of benzene rings is 1. The van der Waals surface area contributed by atoms with Crippen LogP contribution in [0.5, 0.6) is 0 Å².